The third-order valence-electron chi connectivity index (χ3n) is 1.80. The molecule has 0 aliphatic carbocycles. The molecule has 14 heavy (non-hydrogen) atoms. The molecule has 0 atom stereocenters. The first-order valence-corrected chi connectivity index (χ1v) is 4.62. The third kappa shape index (κ3) is 4.19. The van der Waals surface area contributed by atoms with E-state index in [9.17, 15) is 9.50 Å². The number of aliphatic hydroxyl groups is 1. The molecule has 0 heterocycles. The van der Waals surface area contributed by atoms with Crippen molar-refractivity contribution in [1.82, 2.24) is 0 Å². The summed E-state index contributed by atoms with van der Waals surface area (Å²) >= 11 is 0. The highest BCUT2D eigenvalue weighted by molar-refractivity contribution is 5.48. The van der Waals surface area contributed by atoms with E-state index in [1.54, 1.807) is 26.0 Å². The lowest BCUT2D eigenvalue weighted by atomic mass is 10.0. The van der Waals surface area contributed by atoms with Crippen molar-refractivity contribution in [2.24, 2.45) is 0 Å². The Bertz CT molecular complexity index is 306. The molecule has 0 aromatic heterocycles. The summed E-state index contributed by atoms with van der Waals surface area (Å²) in [7, 11) is 0. The van der Waals surface area contributed by atoms with Gasteiger partial charge in [-0.05, 0) is 38.0 Å². The molecule has 0 saturated heterocycles. The minimum atomic E-state index is -0.684. The average Bonchev–Trinajstić information content (AvgIpc) is 2.06. The van der Waals surface area contributed by atoms with Gasteiger partial charge in [0.25, 0.3) is 0 Å². The van der Waals surface area contributed by atoms with Crippen LogP contribution in [0.2, 0.25) is 0 Å². The summed E-state index contributed by atoms with van der Waals surface area (Å²) in [5.74, 6) is -0.232. The fraction of sp³-hybridized carbons (Fsp3) is 0.333. The highest BCUT2D eigenvalue weighted by Crippen LogP contribution is 2.10. The van der Waals surface area contributed by atoms with E-state index >= 15 is 0 Å². The van der Waals surface area contributed by atoms with E-state index in [4.69, 9.17) is 0 Å². The van der Waals surface area contributed by atoms with E-state index in [1.807, 2.05) is 12.2 Å². The van der Waals surface area contributed by atoms with Crippen molar-refractivity contribution in [2.75, 3.05) is 0 Å². The van der Waals surface area contributed by atoms with Crippen LogP contribution in [0.3, 0.4) is 0 Å². The minimum Gasteiger partial charge on any atom is -0.390 e. The van der Waals surface area contributed by atoms with Gasteiger partial charge < -0.3 is 5.11 Å². The molecule has 0 fully saturated rings. The molecular weight excluding hydrogens is 179 g/mol. The first kappa shape index (κ1) is 10.9. The van der Waals surface area contributed by atoms with Crippen LogP contribution in [0.25, 0.3) is 6.08 Å². The summed E-state index contributed by atoms with van der Waals surface area (Å²) in [5.41, 5.74) is 0.256. The SMILES string of the molecule is CC(C)(O)C/C=C/c1ccc(F)cc1. The lowest BCUT2D eigenvalue weighted by molar-refractivity contribution is 0.0841. The maximum atomic E-state index is 12.5. The Morgan fingerprint density at radius 2 is 1.86 bits per heavy atom. The van der Waals surface area contributed by atoms with Gasteiger partial charge in [-0.2, -0.15) is 0 Å². The molecule has 0 saturated carbocycles. The largest absolute Gasteiger partial charge is 0.390 e. The summed E-state index contributed by atoms with van der Waals surface area (Å²) in [4.78, 5) is 0. The smallest absolute Gasteiger partial charge is 0.123 e. The zero-order valence-electron chi connectivity index (χ0n) is 8.50. The quantitative estimate of drug-likeness (QED) is 0.784. The van der Waals surface area contributed by atoms with Crippen molar-refractivity contribution in [1.29, 1.82) is 0 Å². The standard InChI is InChI=1S/C12H15FO/c1-12(2,14)9-3-4-10-5-7-11(13)8-6-10/h3-8,14H,9H2,1-2H3/b4-3+. The van der Waals surface area contributed by atoms with Crippen molar-refractivity contribution < 1.29 is 9.50 Å². The molecule has 0 aliphatic heterocycles. The van der Waals surface area contributed by atoms with Crippen LogP contribution in [-0.2, 0) is 0 Å². The predicted octanol–water partition coefficient (Wildman–Crippen LogP) is 3.00. The van der Waals surface area contributed by atoms with E-state index < -0.39 is 5.60 Å². The fourth-order valence-corrected chi connectivity index (χ4v) is 1.06. The van der Waals surface area contributed by atoms with Crippen molar-refractivity contribution in [3.05, 3.63) is 41.7 Å². The molecule has 2 heteroatoms. The molecule has 0 radical (unpaired) electrons. The van der Waals surface area contributed by atoms with Gasteiger partial charge in [-0.15, -0.1) is 0 Å². The number of benzene rings is 1. The minimum absolute atomic E-state index is 0.232. The van der Waals surface area contributed by atoms with Gasteiger partial charge in [-0.25, -0.2) is 4.39 Å². The van der Waals surface area contributed by atoms with Gasteiger partial charge in [0.2, 0.25) is 0 Å². The van der Waals surface area contributed by atoms with Crippen LogP contribution >= 0.6 is 0 Å². The Morgan fingerprint density at radius 3 is 2.36 bits per heavy atom. The molecule has 1 N–H and O–H groups in total. The molecule has 0 aliphatic rings. The topological polar surface area (TPSA) is 20.2 Å². The molecule has 0 spiro atoms. The molecule has 0 amide bonds. The zero-order chi connectivity index (χ0) is 10.6. The Morgan fingerprint density at radius 1 is 1.29 bits per heavy atom. The van der Waals surface area contributed by atoms with E-state index in [2.05, 4.69) is 0 Å². The van der Waals surface area contributed by atoms with Gasteiger partial charge in [0.1, 0.15) is 5.82 Å². The molecule has 0 unspecified atom stereocenters. The monoisotopic (exact) mass is 194 g/mol. The van der Waals surface area contributed by atoms with Crippen molar-refractivity contribution in [3.63, 3.8) is 0 Å². The predicted molar refractivity (Wildman–Crippen MR) is 56.3 cm³/mol. The molecule has 1 aromatic carbocycles. The molecular formula is C12H15FO. The molecule has 1 aromatic rings. The maximum absolute atomic E-state index is 12.5. The van der Waals surface area contributed by atoms with E-state index in [-0.39, 0.29) is 5.82 Å². The van der Waals surface area contributed by atoms with Crippen molar-refractivity contribution >= 4 is 6.08 Å². The highest BCUT2D eigenvalue weighted by Gasteiger charge is 2.08. The van der Waals surface area contributed by atoms with Crippen LogP contribution in [0.4, 0.5) is 4.39 Å². The third-order valence-corrected chi connectivity index (χ3v) is 1.80. The normalized spacial score (nSPS) is 12.3. The number of halogens is 1. The van der Waals surface area contributed by atoms with Crippen molar-refractivity contribution in [3.8, 4) is 0 Å². The second-order valence-electron chi connectivity index (χ2n) is 3.97. The second-order valence-corrected chi connectivity index (χ2v) is 3.97. The Labute approximate surface area is 83.9 Å². The lowest BCUT2D eigenvalue weighted by Crippen LogP contribution is -2.16. The summed E-state index contributed by atoms with van der Waals surface area (Å²) in [5, 5.41) is 9.43. The number of rotatable bonds is 3. The van der Waals surface area contributed by atoms with Gasteiger partial charge >= 0.3 is 0 Å². The van der Waals surface area contributed by atoms with E-state index in [1.165, 1.54) is 12.1 Å². The molecule has 76 valence electrons. The van der Waals surface area contributed by atoms with Gasteiger partial charge in [0, 0.05) is 0 Å². The highest BCUT2D eigenvalue weighted by atomic mass is 19.1. The van der Waals surface area contributed by atoms with Gasteiger partial charge in [-0.3, -0.25) is 0 Å². The van der Waals surface area contributed by atoms with Crippen LogP contribution in [0, 0.1) is 5.82 Å². The Balaban J connectivity index is 2.57. The van der Waals surface area contributed by atoms with Crippen LogP contribution in [0.1, 0.15) is 25.8 Å². The molecule has 1 nitrogen and oxygen atoms in total. The second kappa shape index (κ2) is 4.38. The lowest BCUT2D eigenvalue weighted by Gasteiger charge is -2.13. The van der Waals surface area contributed by atoms with Gasteiger partial charge in [0.15, 0.2) is 0 Å². The summed E-state index contributed by atoms with van der Waals surface area (Å²) < 4.78 is 12.5. The Hall–Kier alpha value is -1.15. The average molecular weight is 194 g/mol. The summed E-state index contributed by atoms with van der Waals surface area (Å²) in [6.07, 6.45) is 4.34. The maximum Gasteiger partial charge on any atom is 0.123 e. The van der Waals surface area contributed by atoms with Crippen molar-refractivity contribution in [2.45, 2.75) is 25.9 Å². The van der Waals surface area contributed by atoms with Gasteiger partial charge in [0.05, 0.1) is 5.60 Å². The molecule has 1 rings (SSSR count). The van der Waals surface area contributed by atoms with Crippen LogP contribution in [0.5, 0.6) is 0 Å². The summed E-state index contributed by atoms with van der Waals surface area (Å²) in [6.45, 7) is 3.50. The van der Waals surface area contributed by atoms with Crippen LogP contribution in [0.15, 0.2) is 30.3 Å². The Kier molecular flexibility index (Phi) is 3.42. The van der Waals surface area contributed by atoms with Gasteiger partial charge in [-0.1, -0.05) is 24.3 Å². The van der Waals surface area contributed by atoms with Crippen LogP contribution in [-0.4, -0.2) is 10.7 Å². The van der Waals surface area contributed by atoms with E-state index in [0.29, 0.717) is 6.42 Å². The van der Waals surface area contributed by atoms with Crippen LogP contribution < -0.4 is 0 Å². The number of hydrogen-bond donors (Lipinski definition) is 1. The first-order valence-electron chi connectivity index (χ1n) is 4.62. The zero-order valence-corrected chi connectivity index (χ0v) is 8.50. The summed E-state index contributed by atoms with van der Waals surface area (Å²) in [6, 6.07) is 6.25. The molecule has 0 bridgehead atoms. The number of hydrogen-bond acceptors (Lipinski definition) is 1. The fourth-order valence-electron chi connectivity index (χ4n) is 1.06. The first-order chi connectivity index (χ1) is 6.47. The van der Waals surface area contributed by atoms with E-state index in [0.717, 1.165) is 5.56 Å².